The minimum Gasteiger partial charge on any atom is -0.481 e. The first-order valence-corrected chi connectivity index (χ1v) is 9.66. The van der Waals surface area contributed by atoms with Gasteiger partial charge in [-0.2, -0.15) is 16.1 Å². The van der Waals surface area contributed by atoms with Crippen LogP contribution in [0.25, 0.3) is 0 Å². The molecule has 1 atom stereocenters. The molecule has 0 radical (unpaired) electrons. The first-order chi connectivity index (χ1) is 9.43. The second kappa shape index (κ2) is 6.46. The maximum Gasteiger partial charge on any atom is 0.308 e. The zero-order chi connectivity index (χ0) is 14.8. The van der Waals surface area contributed by atoms with Crippen molar-refractivity contribution in [2.45, 2.75) is 29.2 Å². The molecule has 1 aromatic heterocycles. The number of nitrogens with zero attached hydrogens (tertiary/aromatic N) is 1. The Kier molecular flexibility index (Phi) is 5.11. The lowest BCUT2D eigenvalue weighted by Crippen LogP contribution is -2.41. The van der Waals surface area contributed by atoms with E-state index in [0.29, 0.717) is 23.2 Å². The van der Waals surface area contributed by atoms with E-state index in [1.807, 2.05) is 11.8 Å². The molecule has 1 aliphatic heterocycles. The fraction of sp³-hybridized carbons (Fsp3) is 0.583. The molecule has 5 nitrogen and oxygen atoms in total. The van der Waals surface area contributed by atoms with Gasteiger partial charge < -0.3 is 5.11 Å². The Labute approximate surface area is 127 Å². The van der Waals surface area contributed by atoms with Crippen molar-refractivity contribution in [3.63, 3.8) is 0 Å². The zero-order valence-electron chi connectivity index (χ0n) is 11.1. The molecule has 0 aliphatic carbocycles. The van der Waals surface area contributed by atoms with Crippen LogP contribution in [0.5, 0.6) is 0 Å². The Balaban J connectivity index is 2.17. The monoisotopic (exact) mass is 335 g/mol. The SMILES string of the molecule is CCC1CN(S(=O)(=O)c2ccc(CC(=O)O)s2)CCS1. The summed E-state index contributed by atoms with van der Waals surface area (Å²) in [5, 5.41) is 9.08. The molecule has 0 aromatic carbocycles. The fourth-order valence-corrected chi connectivity index (χ4v) is 6.40. The van der Waals surface area contributed by atoms with Gasteiger partial charge in [-0.15, -0.1) is 11.3 Å². The van der Waals surface area contributed by atoms with E-state index in [9.17, 15) is 13.2 Å². The van der Waals surface area contributed by atoms with Gasteiger partial charge in [0.1, 0.15) is 4.21 Å². The van der Waals surface area contributed by atoms with Crippen molar-refractivity contribution in [1.29, 1.82) is 0 Å². The van der Waals surface area contributed by atoms with Gasteiger partial charge in [0.05, 0.1) is 6.42 Å². The highest BCUT2D eigenvalue weighted by Crippen LogP contribution is 2.29. The van der Waals surface area contributed by atoms with Gasteiger partial charge in [0.2, 0.25) is 0 Å². The molecule has 0 bridgehead atoms. The predicted molar refractivity (Wildman–Crippen MR) is 81.0 cm³/mol. The normalized spacial score (nSPS) is 20.9. The molecular formula is C12H17NO4S3. The Morgan fingerprint density at radius 2 is 2.25 bits per heavy atom. The highest BCUT2D eigenvalue weighted by molar-refractivity contribution is 8.00. The molecule has 0 amide bonds. The number of hydrogen-bond donors (Lipinski definition) is 1. The van der Waals surface area contributed by atoms with Gasteiger partial charge in [-0.25, -0.2) is 8.42 Å². The van der Waals surface area contributed by atoms with Gasteiger partial charge in [-0.1, -0.05) is 6.92 Å². The molecule has 0 spiro atoms. The Morgan fingerprint density at radius 1 is 1.50 bits per heavy atom. The van der Waals surface area contributed by atoms with E-state index >= 15 is 0 Å². The van der Waals surface area contributed by atoms with Crippen LogP contribution in [0.15, 0.2) is 16.3 Å². The first kappa shape index (κ1) is 15.8. The van der Waals surface area contributed by atoms with E-state index < -0.39 is 16.0 Å². The Bertz CT molecular complexity index is 581. The average molecular weight is 335 g/mol. The predicted octanol–water partition coefficient (Wildman–Crippen LogP) is 1.89. The second-order valence-corrected chi connectivity index (χ2v) is 9.30. The summed E-state index contributed by atoms with van der Waals surface area (Å²) in [7, 11) is -3.47. The number of aliphatic carboxylic acids is 1. The van der Waals surface area contributed by atoms with E-state index in [4.69, 9.17) is 5.11 Å². The highest BCUT2D eigenvalue weighted by atomic mass is 32.2. The number of thioether (sulfide) groups is 1. The number of rotatable bonds is 5. The van der Waals surface area contributed by atoms with E-state index in [1.165, 1.54) is 10.4 Å². The van der Waals surface area contributed by atoms with Crippen LogP contribution in [0, 0.1) is 0 Å². The minimum atomic E-state index is -3.47. The van der Waals surface area contributed by atoms with E-state index in [-0.39, 0.29) is 10.6 Å². The van der Waals surface area contributed by atoms with Gasteiger partial charge in [-0.3, -0.25) is 4.79 Å². The van der Waals surface area contributed by atoms with Crippen LogP contribution in [0.4, 0.5) is 0 Å². The summed E-state index contributed by atoms with van der Waals surface area (Å²) < 4.78 is 26.8. The van der Waals surface area contributed by atoms with Crippen molar-refractivity contribution < 1.29 is 18.3 Å². The molecule has 2 rings (SSSR count). The summed E-state index contributed by atoms with van der Waals surface area (Å²) >= 11 is 2.86. The maximum absolute atomic E-state index is 12.5. The van der Waals surface area contributed by atoms with E-state index in [0.717, 1.165) is 23.5 Å². The summed E-state index contributed by atoms with van der Waals surface area (Å²) in [4.78, 5) is 11.2. The molecule has 20 heavy (non-hydrogen) atoms. The molecule has 2 heterocycles. The van der Waals surface area contributed by atoms with Crippen molar-refractivity contribution >= 4 is 39.1 Å². The average Bonchev–Trinajstić information content (AvgIpc) is 2.87. The quantitative estimate of drug-likeness (QED) is 0.889. The number of carbonyl (C=O) groups is 1. The summed E-state index contributed by atoms with van der Waals surface area (Å²) in [6.45, 7) is 3.12. The van der Waals surface area contributed by atoms with Crippen LogP contribution >= 0.6 is 23.1 Å². The van der Waals surface area contributed by atoms with Crippen LogP contribution in [0.2, 0.25) is 0 Å². The third kappa shape index (κ3) is 3.55. The summed E-state index contributed by atoms with van der Waals surface area (Å²) in [5.41, 5.74) is 0. The molecule has 1 N–H and O–H groups in total. The number of sulfonamides is 1. The number of carboxylic acids is 1. The van der Waals surface area contributed by atoms with Gasteiger partial charge in [0, 0.05) is 29.0 Å². The number of thiophene rings is 1. The fourth-order valence-electron chi connectivity index (χ4n) is 2.03. The topological polar surface area (TPSA) is 74.7 Å². The van der Waals surface area contributed by atoms with Crippen LogP contribution in [-0.4, -0.2) is 47.9 Å². The standard InChI is InChI=1S/C12H17NO4S3/c1-2-9-8-13(5-6-18-9)20(16,17)12-4-3-10(19-12)7-11(14)15/h3-4,9H,2,5-8H2,1H3,(H,14,15). The van der Waals surface area contributed by atoms with E-state index in [1.54, 1.807) is 6.07 Å². The largest absolute Gasteiger partial charge is 0.481 e. The van der Waals surface area contributed by atoms with Crippen LogP contribution in [-0.2, 0) is 21.2 Å². The minimum absolute atomic E-state index is 0.131. The molecule has 8 heteroatoms. The van der Waals surface area contributed by atoms with Crippen molar-refractivity contribution in [3.8, 4) is 0 Å². The lowest BCUT2D eigenvalue weighted by molar-refractivity contribution is -0.136. The van der Waals surface area contributed by atoms with Crippen LogP contribution < -0.4 is 0 Å². The van der Waals surface area contributed by atoms with Crippen molar-refractivity contribution in [1.82, 2.24) is 4.31 Å². The van der Waals surface area contributed by atoms with Gasteiger partial charge in [0.15, 0.2) is 0 Å². The van der Waals surface area contributed by atoms with Crippen LogP contribution in [0.3, 0.4) is 0 Å². The molecule has 1 unspecified atom stereocenters. The summed E-state index contributed by atoms with van der Waals surface area (Å²) in [5.74, 6) is -0.137. The van der Waals surface area contributed by atoms with E-state index in [2.05, 4.69) is 6.92 Å². The first-order valence-electron chi connectivity index (χ1n) is 6.35. The van der Waals surface area contributed by atoms with Crippen molar-refractivity contribution in [2.75, 3.05) is 18.8 Å². The third-order valence-electron chi connectivity index (χ3n) is 3.11. The van der Waals surface area contributed by atoms with Gasteiger partial charge in [-0.05, 0) is 18.6 Å². The maximum atomic E-state index is 12.5. The van der Waals surface area contributed by atoms with Gasteiger partial charge >= 0.3 is 5.97 Å². The van der Waals surface area contributed by atoms with Crippen molar-refractivity contribution in [2.24, 2.45) is 0 Å². The van der Waals surface area contributed by atoms with Crippen molar-refractivity contribution in [3.05, 3.63) is 17.0 Å². The molecular weight excluding hydrogens is 318 g/mol. The number of hydrogen-bond acceptors (Lipinski definition) is 5. The third-order valence-corrected chi connectivity index (χ3v) is 7.90. The second-order valence-electron chi connectivity index (χ2n) is 4.56. The van der Waals surface area contributed by atoms with Crippen LogP contribution in [0.1, 0.15) is 18.2 Å². The number of carboxylic acid groups (broad SMARTS) is 1. The molecule has 1 aromatic rings. The molecule has 1 saturated heterocycles. The lowest BCUT2D eigenvalue weighted by Gasteiger charge is -2.30. The molecule has 1 fully saturated rings. The van der Waals surface area contributed by atoms with Gasteiger partial charge in [0.25, 0.3) is 10.0 Å². The molecule has 1 aliphatic rings. The molecule has 0 saturated carbocycles. The lowest BCUT2D eigenvalue weighted by atomic mass is 10.3. The zero-order valence-corrected chi connectivity index (χ0v) is 13.6. The molecule has 112 valence electrons. The Hall–Kier alpha value is -0.570. The summed E-state index contributed by atoms with van der Waals surface area (Å²) in [6.07, 6.45) is 0.818. The smallest absolute Gasteiger partial charge is 0.308 e. The summed E-state index contributed by atoms with van der Waals surface area (Å²) in [6, 6.07) is 3.10. The highest BCUT2D eigenvalue weighted by Gasteiger charge is 2.31. The Morgan fingerprint density at radius 3 is 2.90 bits per heavy atom.